The molecule has 1 atom stereocenters. The third-order valence-corrected chi connectivity index (χ3v) is 2.32. The van der Waals surface area contributed by atoms with Crippen molar-refractivity contribution in [3.63, 3.8) is 0 Å². The Bertz CT molecular complexity index is 307. The molecule has 1 rings (SSSR count). The van der Waals surface area contributed by atoms with Crippen molar-refractivity contribution < 1.29 is 4.79 Å². The number of nitrogens with one attached hydrogen (secondary N) is 1. The minimum atomic E-state index is -0.440. The number of aromatic amines is 1. The monoisotopic (exact) mass is 210 g/mol. The van der Waals surface area contributed by atoms with Crippen LogP contribution in [0, 0.1) is 5.92 Å². The van der Waals surface area contributed by atoms with Crippen LogP contribution in [-0.2, 0) is 11.3 Å². The highest BCUT2D eigenvalue weighted by atomic mass is 16.2. The van der Waals surface area contributed by atoms with Gasteiger partial charge in [-0.15, -0.1) is 0 Å². The number of carbonyl (C=O) groups is 1. The minimum Gasteiger partial charge on any atom is -0.347 e. The van der Waals surface area contributed by atoms with E-state index in [4.69, 9.17) is 5.73 Å². The van der Waals surface area contributed by atoms with Crippen LogP contribution in [0.2, 0.25) is 0 Å². The second kappa shape index (κ2) is 4.93. The molecule has 0 bridgehead atoms. The molecule has 0 aromatic carbocycles. The average molecular weight is 210 g/mol. The first kappa shape index (κ1) is 11.7. The topological polar surface area (TPSA) is 75.0 Å². The van der Waals surface area contributed by atoms with Gasteiger partial charge in [-0.3, -0.25) is 4.79 Å². The van der Waals surface area contributed by atoms with Crippen LogP contribution in [0.3, 0.4) is 0 Å². The summed E-state index contributed by atoms with van der Waals surface area (Å²) in [4.78, 5) is 20.4. The molecule has 1 heterocycles. The fourth-order valence-electron chi connectivity index (χ4n) is 1.23. The fraction of sp³-hybridized carbons (Fsp3) is 0.600. The van der Waals surface area contributed by atoms with Crippen LogP contribution in [-0.4, -0.2) is 33.9 Å². The minimum absolute atomic E-state index is 0.0543. The molecule has 1 amide bonds. The number of hydrogen-bond acceptors (Lipinski definition) is 3. The summed E-state index contributed by atoms with van der Waals surface area (Å²) in [5.41, 5.74) is 5.77. The molecule has 0 aliphatic carbocycles. The SMILES string of the molecule is CC(C)C(N)C(=O)N(C)Cc1ncc[nH]1. The van der Waals surface area contributed by atoms with Crippen molar-refractivity contribution >= 4 is 5.91 Å². The molecule has 5 nitrogen and oxygen atoms in total. The Morgan fingerprint density at radius 3 is 2.80 bits per heavy atom. The van der Waals surface area contributed by atoms with Gasteiger partial charge in [-0.1, -0.05) is 13.8 Å². The maximum absolute atomic E-state index is 11.8. The first-order chi connectivity index (χ1) is 7.02. The normalized spacial score (nSPS) is 12.9. The molecule has 0 spiro atoms. The lowest BCUT2D eigenvalue weighted by Crippen LogP contribution is -2.44. The number of nitrogens with zero attached hydrogens (tertiary/aromatic N) is 2. The van der Waals surface area contributed by atoms with Crippen molar-refractivity contribution in [2.24, 2.45) is 11.7 Å². The lowest BCUT2D eigenvalue weighted by Gasteiger charge is -2.22. The van der Waals surface area contributed by atoms with Crippen molar-refractivity contribution in [2.75, 3.05) is 7.05 Å². The third-order valence-electron chi connectivity index (χ3n) is 2.32. The Balaban J connectivity index is 2.54. The standard InChI is InChI=1S/C10H18N4O/c1-7(2)9(11)10(15)14(3)6-8-12-4-5-13-8/h4-5,7,9H,6,11H2,1-3H3,(H,12,13). The van der Waals surface area contributed by atoms with Crippen LogP contribution in [0.15, 0.2) is 12.4 Å². The van der Waals surface area contributed by atoms with Crippen molar-refractivity contribution in [2.45, 2.75) is 26.4 Å². The van der Waals surface area contributed by atoms with Crippen molar-refractivity contribution in [1.82, 2.24) is 14.9 Å². The zero-order valence-electron chi connectivity index (χ0n) is 9.40. The van der Waals surface area contributed by atoms with Gasteiger partial charge in [-0.05, 0) is 5.92 Å². The summed E-state index contributed by atoms with van der Waals surface area (Å²) < 4.78 is 0. The van der Waals surface area contributed by atoms with E-state index in [1.165, 1.54) is 0 Å². The lowest BCUT2D eigenvalue weighted by atomic mass is 10.0. The van der Waals surface area contributed by atoms with E-state index in [1.54, 1.807) is 24.3 Å². The molecule has 84 valence electrons. The molecule has 0 aliphatic rings. The largest absolute Gasteiger partial charge is 0.347 e. The van der Waals surface area contributed by atoms with Crippen LogP contribution >= 0.6 is 0 Å². The van der Waals surface area contributed by atoms with E-state index >= 15 is 0 Å². The first-order valence-electron chi connectivity index (χ1n) is 5.01. The summed E-state index contributed by atoms with van der Waals surface area (Å²) in [6.07, 6.45) is 3.39. The molecule has 0 aliphatic heterocycles. The van der Waals surface area contributed by atoms with E-state index in [0.29, 0.717) is 6.54 Å². The number of nitrogens with two attached hydrogens (primary N) is 1. The van der Waals surface area contributed by atoms with Crippen molar-refractivity contribution in [3.8, 4) is 0 Å². The molecule has 1 aromatic heterocycles. The third kappa shape index (κ3) is 3.06. The molecule has 0 radical (unpaired) electrons. The summed E-state index contributed by atoms with van der Waals surface area (Å²) in [7, 11) is 1.73. The molecule has 5 heteroatoms. The fourth-order valence-corrected chi connectivity index (χ4v) is 1.23. The second-order valence-corrected chi connectivity index (χ2v) is 4.00. The Labute approximate surface area is 89.7 Å². The number of aromatic nitrogens is 2. The Hall–Kier alpha value is -1.36. The summed E-state index contributed by atoms with van der Waals surface area (Å²) in [5.74, 6) is 0.861. The summed E-state index contributed by atoms with van der Waals surface area (Å²) in [6.45, 7) is 4.33. The van der Waals surface area contributed by atoms with Gasteiger partial charge in [0.1, 0.15) is 5.82 Å². The van der Waals surface area contributed by atoms with Gasteiger partial charge in [0.25, 0.3) is 0 Å². The van der Waals surface area contributed by atoms with Gasteiger partial charge in [-0.25, -0.2) is 4.98 Å². The highest BCUT2D eigenvalue weighted by molar-refractivity contribution is 5.81. The van der Waals surface area contributed by atoms with Crippen molar-refractivity contribution in [3.05, 3.63) is 18.2 Å². The Kier molecular flexibility index (Phi) is 3.85. The highest BCUT2D eigenvalue weighted by Gasteiger charge is 2.21. The summed E-state index contributed by atoms with van der Waals surface area (Å²) in [6, 6.07) is -0.440. The van der Waals surface area contributed by atoms with Gasteiger partial charge in [0.05, 0.1) is 12.6 Å². The summed E-state index contributed by atoms with van der Waals surface area (Å²) >= 11 is 0. The van der Waals surface area contributed by atoms with Gasteiger partial charge < -0.3 is 15.6 Å². The van der Waals surface area contributed by atoms with E-state index < -0.39 is 6.04 Å². The molecule has 3 N–H and O–H groups in total. The molecule has 0 saturated heterocycles. The van der Waals surface area contributed by atoms with E-state index in [0.717, 1.165) is 5.82 Å². The number of carbonyl (C=O) groups excluding carboxylic acids is 1. The number of imidazole rings is 1. The molecule has 0 fully saturated rings. The predicted molar refractivity (Wildman–Crippen MR) is 57.9 cm³/mol. The molecule has 1 aromatic rings. The zero-order valence-corrected chi connectivity index (χ0v) is 9.40. The molecule has 15 heavy (non-hydrogen) atoms. The molecule has 0 saturated carbocycles. The number of amides is 1. The van der Waals surface area contributed by atoms with Crippen LogP contribution in [0.5, 0.6) is 0 Å². The van der Waals surface area contributed by atoms with E-state index in [1.807, 2.05) is 13.8 Å². The first-order valence-corrected chi connectivity index (χ1v) is 5.01. The van der Waals surface area contributed by atoms with E-state index in [2.05, 4.69) is 9.97 Å². The van der Waals surface area contributed by atoms with Gasteiger partial charge >= 0.3 is 0 Å². The predicted octanol–water partition coefficient (Wildman–Crippen LogP) is 0.351. The van der Waals surface area contributed by atoms with Crippen molar-refractivity contribution in [1.29, 1.82) is 0 Å². The van der Waals surface area contributed by atoms with E-state index in [9.17, 15) is 4.79 Å². The quantitative estimate of drug-likeness (QED) is 0.753. The Morgan fingerprint density at radius 1 is 1.67 bits per heavy atom. The molecular formula is C10H18N4O. The number of H-pyrrole nitrogens is 1. The highest BCUT2D eigenvalue weighted by Crippen LogP contribution is 2.04. The van der Waals surface area contributed by atoms with Gasteiger partial charge in [0, 0.05) is 19.4 Å². The van der Waals surface area contributed by atoms with Gasteiger partial charge in [0.15, 0.2) is 0 Å². The van der Waals surface area contributed by atoms with Gasteiger partial charge in [-0.2, -0.15) is 0 Å². The Morgan fingerprint density at radius 2 is 2.33 bits per heavy atom. The van der Waals surface area contributed by atoms with Crippen LogP contribution in [0.1, 0.15) is 19.7 Å². The number of likely N-dealkylation sites (N-methyl/N-ethyl adjacent to an activating group) is 1. The van der Waals surface area contributed by atoms with E-state index in [-0.39, 0.29) is 11.8 Å². The maximum Gasteiger partial charge on any atom is 0.239 e. The summed E-state index contributed by atoms with van der Waals surface area (Å²) in [5, 5.41) is 0. The van der Waals surface area contributed by atoms with Crippen LogP contribution in [0.25, 0.3) is 0 Å². The molecule has 1 unspecified atom stereocenters. The van der Waals surface area contributed by atoms with Crippen LogP contribution in [0.4, 0.5) is 0 Å². The van der Waals surface area contributed by atoms with Crippen LogP contribution < -0.4 is 5.73 Å². The number of hydrogen-bond donors (Lipinski definition) is 2. The smallest absolute Gasteiger partial charge is 0.239 e. The zero-order chi connectivity index (χ0) is 11.4. The maximum atomic E-state index is 11.8. The average Bonchev–Trinajstić information content (AvgIpc) is 2.67. The lowest BCUT2D eigenvalue weighted by molar-refractivity contribution is -0.132. The molecular weight excluding hydrogens is 192 g/mol. The van der Waals surface area contributed by atoms with Gasteiger partial charge in [0.2, 0.25) is 5.91 Å². The second-order valence-electron chi connectivity index (χ2n) is 4.00. The number of rotatable bonds is 4.